The van der Waals surface area contributed by atoms with E-state index in [1.165, 1.54) is 28.4 Å². The Bertz CT molecular complexity index is 556. The van der Waals surface area contributed by atoms with E-state index >= 15 is 0 Å². The van der Waals surface area contributed by atoms with Gasteiger partial charge < -0.3 is 10.6 Å². The molecule has 6 heteroatoms. The van der Waals surface area contributed by atoms with E-state index < -0.39 is 5.82 Å². The van der Waals surface area contributed by atoms with Gasteiger partial charge in [0.05, 0.1) is 23.3 Å². The van der Waals surface area contributed by atoms with E-state index in [0.29, 0.717) is 12.1 Å². The van der Waals surface area contributed by atoms with E-state index in [4.69, 9.17) is 5.73 Å². The molecule has 1 amide bonds. The molecule has 94 valence electrons. The van der Waals surface area contributed by atoms with Crippen LogP contribution in [0, 0.1) is 5.82 Å². The molecule has 0 atom stereocenters. The van der Waals surface area contributed by atoms with Crippen LogP contribution in [0.15, 0.2) is 29.1 Å². The van der Waals surface area contributed by atoms with Gasteiger partial charge in [0.15, 0.2) is 0 Å². The van der Waals surface area contributed by atoms with Gasteiger partial charge in [-0.05, 0) is 18.2 Å². The summed E-state index contributed by atoms with van der Waals surface area (Å²) in [6.45, 7) is 0.402. The first-order valence-corrected chi connectivity index (χ1v) is 6.20. The number of anilines is 1. The van der Waals surface area contributed by atoms with Crippen molar-refractivity contribution >= 4 is 22.9 Å². The molecule has 1 heterocycles. The predicted molar refractivity (Wildman–Crippen MR) is 68.7 cm³/mol. The molecule has 2 N–H and O–H groups in total. The first kappa shape index (κ1) is 12.5. The summed E-state index contributed by atoms with van der Waals surface area (Å²) in [6.07, 6.45) is 0. The lowest BCUT2D eigenvalue weighted by molar-refractivity contribution is 0.0784. The van der Waals surface area contributed by atoms with Crippen LogP contribution >= 0.6 is 11.3 Å². The highest BCUT2D eigenvalue weighted by atomic mass is 32.1. The zero-order valence-corrected chi connectivity index (χ0v) is 10.6. The van der Waals surface area contributed by atoms with Crippen LogP contribution in [0.5, 0.6) is 0 Å². The lowest BCUT2D eigenvalue weighted by atomic mass is 10.1. The number of thiazole rings is 1. The summed E-state index contributed by atoms with van der Waals surface area (Å²) in [4.78, 5) is 17.7. The SMILES string of the molecule is CN(Cc1cscn1)C(=O)c1ccc(F)cc1N. The standard InChI is InChI=1S/C12H12FN3OS/c1-16(5-9-6-18-7-15-9)12(17)10-3-2-8(13)4-11(10)14/h2-4,6-7H,5,14H2,1H3. The first-order chi connectivity index (χ1) is 8.58. The fourth-order valence-corrected chi connectivity index (χ4v) is 2.11. The number of halogens is 1. The maximum atomic E-state index is 12.9. The first-order valence-electron chi connectivity index (χ1n) is 5.25. The van der Waals surface area contributed by atoms with Crippen molar-refractivity contribution in [3.8, 4) is 0 Å². The number of benzene rings is 1. The zero-order chi connectivity index (χ0) is 13.1. The van der Waals surface area contributed by atoms with Crippen molar-refractivity contribution in [1.82, 2.24) is 9.88 Å². The van der Waals surface area contributed by atoms with Gasteiger partial charge in [-0.1, -0.05) is 0 Å². The van der Waals surface area contributed by atoms with Gasteiger partial charge in [-0.2, -0.15) is 0 Å². The topological polar surface area (TPSA) is 59.2 Å². The summed E-state index contributed by atoms with van der Waals surface area (Å²) in [6, 6.07) is 3.76. The summed E-state index contributed by atoms with van der Waals surface area (Å²) >= 11 is 1.47. The van der Waals surface area contributed by atoms with E-state index in [1.54, 1.807) is 12.6 Å². The summed E-state index contributed by atoms with van der Waals surface area (Å²) in [7, 11) is 1.66. The molecule has 1 aromatic heterocycles. The number of carbonyl (C=O) groups is 1. The smallest absolute Gasteiger partial charge is 0.256 e. The molecule has 0 aliphatic heterocycles. The Morgan fingerprint density at radius 1 is 1.56 bits per heavy atom. The third kappa shape index (κ3) is 2.65. The lowest BCUT2D eigenvalue weighted by Gasteiger charge is -2.17. The highest BCUT2D eigenvalue weighted by Crippen LogP contribution is 2.16. The number of carbonyl (C=O) groups excluding carboxylic acids is 1. The summed E-state index contributed by atoms with van der Waals surface area (Å²) in [5.41, 5.74) is 8.60. The number of nitrogens with two attached hydrogens (primary N) is 1. The zero-order valence-electron chi connectivity index (χ0n) is 9.76. The highest BCUT2D eigenvalue weighted by molar-refractivity contribution is 7.07. The van der Waals surface area contributed by atoms with Gasteiger partial charge in [0, 0.05) is 18.1 Å². The number of amides is 1. The van der Waals surface area contributed by atoms with Crippen LogP contribution in [0.2, 0.25) is 0 Å². The van der Waals surface area contributed by atoms with Crippen molar-refractivity contribution < 1.29 is 9.18 Å². The molecule has 0 spiro atoms. The van der Waals surface area contributed by atoms with Gasteiger partial charge in [0.1, 0.15) is 5.82 Å². The van der Waals surface area contributed by atoms with Crippen LogP contribution in [-0.4, -0.2) is 22.8 Å². The van der Waals surface area contributed by atoms with Gasteiger partial charge in [-0.15, -0.1) is 11.3 Å². The fourth-order valence-electron chi connectivity index (χ4n) is 1.56. The van der Waals surface area contributed by atoms with Crippen LogP contribution in [0.25, 0.3) is 0 Å². The molecule has 0 aliphatic carbocycles. The lowest BCUT2D eigenvalue weighted by Crippen LogP contribution is -2.27. The molecule has 0 aliphatic rings. The third-order valence-corrected chi connectivity index (χ3v) is 3.11. The minimum atomic E-state index is -0.453. The minimum Gasteiger partial charge on any atom is -0.398 e. The van der Waals surface area contributed by atoms with Crippen LogP contribution in [0.4, 0.5) is 10.1 Å². The van der Waals surface area contributed by atoms with Crippen molar-refractivity contribution in [3.05, 3.63) is 46.2 Å². The van der Waals surface area contributed by atoms with Gasteiger partial charge in [-0.25, -0.2) is 9.37 Å². The van der Waals surface area contributed by atoms with Gasteiger partial charge in [0.2, 0.25) is 0 Å². The van der Waals surface area contributed by atoms with Crippen LogP contribution in [-0.2, 0) is 6.54 Å². The molecule has 0 bridgehead atoms. The summed E-state index contributed by atoms with van der Waals surface area (Å²) < 4.78 is 12.9. The van der Waals surface area contributed by atoms with Crippen LogP contribution < -0.4 is 5.73 Å². The Labute approximate surface area is 108 Å². The monoisotopic (exact) mass is 265 g/mol. The quantitative estimate of drug-likeness (QED) is 0.865. The molecule has 0 unspecified atom stereocenters. The Balaban J connectivity index is 2.15. The number of hydrogen-bond acceptors (Lipinski definition) is 4. The van der Waals surface area contributed by atoms with E-state index in [9.17, 15) is 9.18 Å². The van der Waals surface area contributed by atoms with E-state index in [0.717, 1.165) is 11.8 Å². The van der Waals surface area contributed by atoms with E-state index in [1.807, 2.05) is 5.38 Å². The molecule has 0 saturated carbocycles. The maximum absolute atomic E-state index is 12.9. The largest absolute Gasteiger partial charge is 0.398 e. The highest BCUT2D eigenvalue weighted by Gasteiger charge is 2.15. The molecule has 2 aromatic rings. The average Bonchev–Trinajstić information content (AvgIpc) is 2.81. The molecule has 4 nitrogen and oxygen atoms in total. The van der Waals surface area contributed by atoms with Crippen LogP contribution in [0.3, 0.4) is 0 Å². The third-order valence-electron chi connectivity index (χ3n) is 2.47. The molecule has 18 heavy (non-hydrogen) atoms. The second-order valence-electron chi connectivity index (χ2n) is 3.87. The summed E-state index contributed by atoms with van der Waals surface area (Å²) in [5.74, 6) is -0.702. The Kier molecular flexibility index (Phi) is 3.57. The molecule has 0 fully saturated rings. The van der Waals surface area contributed by atoms with E-state index in [-0.39, 0.29) is 11.6 Å². The second kappa shape index (κ2) is 5.14. The van der Waals surface area contributed by atoms with Crippen LogP contribution in [0.1, 0.15) is 16.1 Å². The summed E-state index contributed by atoms with van der Waals surface area (Å²) in [5, 5.41) is 1.87. The van der Waals surface area contributed by atoms with Crippen molar-refractivity contribution in [2.24, 2.45) is 0 Å². The molecule has 0 radical (unpaired) electrons. The van der Waals surface area contributed by atoms with Crippen molar-refractivity contribution in [1.29, 1.82) is 0 Å². The second-order valence-corrected chi connectivity index (χ2v) is 4.59. The molecule has 1 aromatic carbocycles. The normalized spacial score (nSPS) is 10.3. The van der Waals surface area contributed by atoms with E-state index in [2.05, 4.69) is 4.98 Å². The number of rotatable bonds is 3. The van der Waals surface area contributed by atoms with Crippen molar-refractivity contribution in [2.75, 3.05) is 12.8 Å². The Hall–Kier alpha value is -1.95. The molecular weight excluding hydrogens is 253 g/mol. The Morgan fingerprint density at radius 3 is 2.94 bits per heavy atom. The maximum Gasteiger partial charge on any atom is 0.256 e. The molecule has 2 rings (SSSR count). The number of aromatic nitrogens is 1. The number of nitrogens with zero attached hydrogens (tertiary/aromatic N) is 2. The number of hydrogen-bond donors (Lipinski definition) is 1. The van der Waals surface area contributed by atoms with Gasteiger partial charge >= 0.3 is 0 Å². The molecule has 0 saturated heterocycles. The predicted octanol–water partition coefficient (Wildman–Crippen LogP) is 2.14. The molecular formula is C12H12FN3OS. The Morgan fingerprint density at radius 2 is 2.33 bits per heavy atom. The fraction of sp³-hybridized carbons (Fsp3) is 0.167. The average molecular weight is 265 g/mol. The van der Waals surface area contributed by atoms with Gasteiger partial charge in [-0.3, -0.25) is 4.79 Å². The van der Waals surface area contributed by atoms with Crippen molar-refractivity contribution in [3.63, 3.8) is 0 Å². The van der Waals surface area contributed by atoms with Gasteiger partial charge in [0.25, 0.3) is 5.91 Å². The minimum absolute atomic E-state index is 0.144. The van der Waals surface area contributed by atoms with Crippen molar-refractivity contribution in [2.45, 2.75) is 6.54 Å². The number of nitrogen functional groups attached to an aromatic ring is 1.